The van der Waals surface area contributed by atoms with Crippen molar-refractivity contribution in [2.24, 2.45) is 0 Å². The van der Waals surface area contributed by atoms with Crippen LogP contribution in [0.3, 0.4) is 0 Å². The monoisotopic (exact) mass is 369 g/mol. The Hall–Kier alpha value is -2.60. The summed E-state index contributed by atoms with van der Waals surface area (Å²) in [4.78, 5) is 7.49. The number of nitrogens with zero attached hydrogens (tertiary/aromatic N) is 2. The van der Waals surface area contributed by atoms with Gasteiger partial charge < -0.3 is 0 Å². The molecular weight excluding hydrogens is 346 g/mol. The topological polar surface area (TPSA) is 64.0 Å². The summed E-state index contributed by atoms with van der Waals surface area (Å²) in [5, 5.41) is 0. The lowest BCUT2D eigenvalue weighted by Crippen LogP contribution is -2.25. The van der Waals surface area contributed by atoms with Crippen molar-refractivity contribution >= 4 is 10.0 Å². The second-order valence-electron chi connectivity index (χ2n) is 6.73. The van der Waals surface area contributed by atoms with Gasteiger partial charge in [0, 0.05) is 5.56 Å². The van der Waals surface area contributed by atoms with E-state index < -0.39 is 10.0 Å². The summed E-state index contributed by atoms with van der Waals surface area (Å²) in [5.41, 5.74) is 5.64. The van der Waals surface area contributed by atoms with Crippen molar-refractivity contribution in [2.45, 2.75) is 39.5 Å². The van der Waals surface area contributed by atoms with Crippen molar-refractivity contribution in [3.63, 3.8) is 0 Å². The molecule has 26 heavy (non-hydrogen) atoms. The molecule has 3 rings (SSSR count). The third kappa shape index (κ3) is 3.51. The van der Waals surface area contributed by atoms with E-state index in [0.29, 0.717) is 5.82 Å². The van der Waals surface area contributed by atoms with Crippen molar-refractivity contribution in [1.82, 2.24) is 9.66 Å². The Morgan fingerprint density at radius 2 is 1.42 bits per heavy atom. The van der Waals surface area contributed by atoms with Gasteiger partial charge in [-0.05, 0) is 58.9 Å². The van der Waals surface area contributed by atoms with E-state index in [0.717, 1.165) is 33.6 Å². The zero-order valence-corrected chi connectivity index (χ0v) is 16.5. The van der Waals surface area contributed by atoms with Crippen molar-refractivity contribution in [2.75, 3.05) is 4.83 Å². The molecule has 2 aromatic carbocycles. The Labute approximate surface area is 154 Å². The third-order valence-corrected chi connectivity index (χ3v) is 5.68. The summed E-state index contributed by atoms with van der Waals surface area (Å²) < 4.78 is 27.2. The molecule has 0 radical (unpaired) electrons. The highest BCUT2D eigenvalue weighted by atomic mass is 32.2. The van der Waals surface area contributed by atoms with E-state index in [1.807, 2.05) is 46.8 Å². The van der Waals surface area contributed by atoms with Crippen LogP contribution in [0.25, 0.3) is 11.4 Å². The van der Waals surface area contributed by atoms with Gasteiger partial charge in [-0.3, -0.25) is 0 Å². The molecule has 6 heteroatoms. The molecule has 1 heterocycles. The lowest BCUT2D eigenvalue weighted by molar-refractivity contribution is 0.595. The summed E-state index contributed by atoms with van der Waals surface area (Å²) in [6, 6.07) is 12.9. The van der Waals surface area contributed by atoms with Crippen molar-refractivity contribution in [3.8, 4) is 11.4 Å². The standard InChI is InChI=1S/C20H23N3O2S/c1-13-6-8-19(9-7-13)26(24,25)22-23-17(5)16(4)21-20(23)18-11-14(2)10-15(3)12-18/h6-12,22H,1-5H3. The number of benzene rings is 2. The highest BCUT2D eigenvalue weighted by Crippen LogP contribution is 2.24. The minimum absolute atomic E-state index is 0.222. The molecule has 0 saturated heterocycles. The van der Waals surface area contributed by atoms with Gasteiger partial charge in [-0.25, -0.2) is 14.5 Å². The molecule has 0 amide bonds. The first-order chi connectivity index (χ1) is 12.2. The predicted molar refractivity (Wildman–Crippen MR) is 104 cm³/mol. The molecule has 0 bridgehead atoms. The number of hydrogen-bond donors (Lipinski definition) is 1. The minimum Gasteiger partial charge on any atom is -0.232 e. The number of nitrogens with one attached hydrogen (secondary N) is 1. The number of hydrogen-bond acceptors (Lipinski definition) is 3. The van der Waals surface area contributed by atoms with E-state index in [2.05, 4.69) is 15.9 Å². The van der Waals surface area contributed by atoms with Crippen LogP contribution in [0.4, 0.5) is 0 Å². The van der Waals surface area contributed by atoms with Gasteiger partial charge in [0.2, 0.25) is 0 Å². The fraction of sp³-hybridized carbons (Fsp3) is 0.250. The van der Waals surface area contributed by atoms with Crippen molar-refractivity contribution < 1.29 is 8.42 Å². The zero-order valence-electron chi connectivity index (χ0n) is 15.7. The smallest absolute Gasteiger partial charge is 0.232 e. The zero-order chi connectivity index (χ0) is 19.1. The Bertz CT molecular complexity index is 1040. The first-order valence-corrected chi connectivity index (χ1v) is 9.90. The van der Waals surface area contributed by atoms with Crippen molar-refractivity contribution in [3.05, 3.63) is 70.5 Å². The second-order valence-corrected chi connectivity index (χ2v) is 8.39. The Morgan fingerprint density at radius 3 is 2.00 bits per heavy atom. The van der Waals surface area contributed by atoms with E-state index in [9.17, 15) is 8.42 Å². The molecule has 0 saturated carbocycles. The van der Waals surface area contributed by atoms with Gasteiger partial charge in [0.05, 0.1) is 16.3 Å². The van der Waals surface area contributed by atoms with E-state index in [4.69, 9.17) is 0 Å². The quantitative estimate of drug-likeness (QED) is 0.755. The van der Waals surface area contributed by atoms with Crippen LogP contribution < -0.4 is 4.83 Å². The number of aromatic nitrogens is 2. The van der Waals surface area contributed by atoms with Gasteiger partial charge in [-0.15, -0.1) is 0 Å². The summed E-state index contributed by atoms with van der Waals surface area (Å²) in [6.45, 7) is 9.68. The molecule has 0 aliphatic rings. The van der Waals surface area contributed by atoms with Gasteiger partial charge in [0.15, 0.2) is 5.82 Å². The highest BCUT2D eigenvalue weighted by Gasteiger charge is 2.20. The van der Waals surface area contributed by atoms with Gasteiger partial charge >= 0.3 is 0 Å². The van der Waals surface area contributed by atoms with E-state index in [-0.39, 0.29) is 4.90 Å². The van der Waals surface area contributed by atoms with E-state index in [1.165, 1.54) is 0 Å². The van der Waals surface area contributed by atoms with E-state index >= 15 is 0 Å². The molecule has 5 nitrogen and oxygen atoms in total. The molecule has 1 N–H and O–H groups in total. The van der Waals surface area contributed by atoms with Crippen LogP contribution >= 0.6 is 0 Å². The average molecular weight is 369 g/mol. The predicted octanol–water partition coefficient (Wildman–Crippen LogP) is 4.02. The fourth-order valence-corrected chi connectivity index (χ4v) is 3.97. The molecule has 0 fully saturated rings. The summed E-state index contributed by atoms with van der Waals surface area (Å²) in [6.07, 6.45) is 0. The van der Waals surface area contributed by atoms with Crippen LogP contribution in [0.5, 0.6) is 0 Å². The van der Waals surface area contributed by atoms with Crippen LogP contribution in [0.2, 0.25) is 0 Å². The van der Waals surface area contributed by atoms with Gasteiger partial charge in [0.1, 0.15) is 0 Å². The Morgan fingerprint density at radius 1 is 0.846 bits per heavy atom. The molecule has 136 valence electrons. The van der Waals surface area contributed by atoms with Gasteiger partial charge in [-0.1, -0.05) is 34.9 Å². The average Bonchev–Trinajstić information content (AvgIpc) is 2.82. The van der Waals surface area contributed by atoms with Crippen molar-refractivity contribution in [1.29, 1.82) is 0 Å². The summed E-state index contributed by atoms with van der Waals surface area (Å²) in [5.74, 6) is 0.586. The maximum Gasteiger partial charge on any atom is 0.275 e. The first-order valence-electron chi connectivity index (χ1n) is 8.41. The first kappa shape index (κ1) is 18.2. The molecular formula is C20H23N3O2S. The second kappa shape index (κ2) is 6.61. The van der Waals surface area contributed by atoms with Crippen LogP contribution in [0.15, 0.2) is 47.4 Å². The maximum atomic E-state index is 12.8. The third-order valence-electron chi connectivity index (χ3n) is 4.37. The largest absolute Gasteiger partial charge is 0.275 e. The van der Waals surface area contributed by atoms with Crippen LogP contribution in [-0.4, -0.2) is 18.1 Å². The highest BCUT2D eigenvalue weighted by molar-refractivity contribution is 7.92. The molecule has 0 aliphatic carbocycles. The maximum absolute atomic E-state index is 12.8. The van der Waals surface area contributed by atoms with Crippen LogP contribution in [0, 0.1) is 34.6 Å². The number of rotatable bonds is 4. The van der Waals surface area contributed by atoms with Crippen LogP contribution in [0.1, 0.15) is 28.1 Å². The molecule has 0 aliphatic heterocycles. The number of sulfonamides is 1. The molecule has 0 spiro atoms. The normalized spacial score (nSPS) is 11.6. The molecule has 1 aromatic heterocycles. The lowest BCUT2D eigenvalue weighted by atomic mass is 10.1. The number of aryl methyl sites for hydroxylation is 4. The summed E-state index contributed by atoms with van der Waals surface area (Å²) in [7, 11) is -3.72. The SMILES string of the molecule is Cc1ccc(S(=O)(=O)Nn2c(-c3cc(C)cc(C)c3)nc(C)c2C)cc1. The molecule has 0 unspecified atom stereocenters. The van der Waals surface area contributed by atoms with Gasteiger partial charge in [-0.2, -0.15) is 8.42 Å². The minimum atomic E-state index is -3.72. The summed E-state index contributed by atoms with van der Waals surface area (Å²) >= 11 is 0. The Balaban J connectivity index is 2.09. The fourth-order valence-electron chi connectivity index (χ4n) is 2.91. The Kier molecular flexibility index (Phi) is 4.63. The lowest BCUT2D eigenvalue weighted by Gasteiger charge is -2.14. The van der Waals surface area contributed by atoms with E-state index in [1.54, 1.807) is 28.9 Å². The number of imidazole rings is 1. The van der Waals surface area contributed by atoms with Gasteiger partial charge in [0.25, 0.3) is 10.0 Å². The van der Waals surface area contributed by atoms with Crippen LogP contribution in [-0.2, 0) is 10.0 Å². The molecule has 0 atom stereocenters. The molecule has 3 aromatic rings.